The Morgan fingerprint density at radius 1 is 1.23 bits per heavy atom. The molecule has 0 bridgehead atoms. The summed E-state index contributed by atoms with van der Waals surface area (Å²) in [5, 5.41) is 3.01. The first-order valence-corrected chi connectivity index (χ1v) is 11.0. The summed E-state index contributed by atoms with van der Waals surface area (Å²) >= 11 is 0. The van der Waals surface area contributed by atoms with E-state index in [-0.39, 0.29) is 25.1 Å². The van der Waals surface area contributed by atoms with Gasteiger partial charge in [-0.1, -0.05) is 51.0 Å². The van der Waals surface area contributed by atoms with Crippen molar-refractivity contribution in [1.82, 2.24) is 15.1 Å². The maximum absolute atomic E-state index is 13.6. The number of carbonyl (C=O) groups is 3. The molecule has 2 aliphatic rings. The molecule has 1 aliphatic carbocycles. The van der Waals surface area contributed by atoms with E-state index in [1.54, 1.807) is 0 Å². The summed E-state index contributed by atoms with van der Waals surface area (Å²) in [5.74, 6) is -0.216. The van der Waals surface area contributed by atoms with E-state index in [1.807, 2.05) is 29.2 Å². The predicted molar refractivity (Wildman–Crippen MR) is 114 cm³/mol. The molecule has 0 radical (unpaired) electrons. The smallest absolute Gasteiger partial charge is 0.326 e. The fraction of sp³-hybridized carbons (Fsp3) is 0.609. The molecule has 30 heavy (non-hydrogen) atoms. The van der Waals surface area contributed by atoms with E-state index in [9.17, 15) is 14.4 Å². The Balaban J connectivity index is 1.86. The van der Waals surface area contributed by atoms with E-state index in [4.69, 9.17) is 4.74 Å². The van der Waals surface area contributed by atoms with Gasteiger partial charge in [0.15, 0.2) is 0 Å². The molecule has 1 saturated heterocycles. The molecule has 0 aromatic heterocycles. The highest BCUT2D eigenvalue weighted by molar-refractivity contribution is 6.07. The van der Waals surface area contributed by atoms with Gasteiger partial charge in [-0.2, -0.15) is 0 Å². The molecule has 1 aliphatic heterocycles. The Kier molecular flexibility index (Phi) is 7.13. The number of nitrogens with one attached hydrogen (secondary N) is 1. The van der Waals surface area contributed by atoms with Gasteiger partial charge in [0.2, 0.25) is 0 Å². The highest BCUT2D eigenvalue weighted by Gasteiger charge is 2.53. The van der Waals surface area contributed by atoms with Gasteiger partial charge in [0, 0.05) is 6.54 Å². The monoisotopic (exact) mass is 415 g/mol. The lowest BCUT2D eigenvalue weighted by atomic mass is 9.84. The van der Waals surface area contributed by atoms with Gasteiger partial charge >= 0.3 is 12.0 Å². The fourth-order valence-corrected chi connectivity index (χ4v) is 4.63. The lowest BCUT2D eigenvalue weighted by Crippen LogP contribution is -2.47. The SMILES string of the molecule is CCC(CC)CN(CC(=O)OC)CN1C(=O)N[C@@]2(CCCCc3ccccc32)C1=O. The Hall–Kier alpha value is -2.41. The molecule has 1 aromatic rings. The van der Waals surface area contributed by atoms with Crippen LogP contribution < -0.4 is 5.32 Å². The van der Waals surface area contributed by atoms with Crippen molar-refractivity contribution in [3.8, 4) is 0 Å². The van der Waals surface area contributed by atoms with Gasteiger partial charge < -0.3 is 10.1 Å². The van der Waals surface area contributed by atoms with E-state index in [0.717, 1.165) is 43.2 Å². The zero-order valence-corrected chi connectivity index (χ0v) is 18.3. The summed E-state index contributed by atoms with van der Waals surface area (Å²) in [4.78, 5) is 41.6. The molecule has 1 fully saturated rings. The third-order valence-corrected chi connectivity index (χ3v) is 6.49. The number of methoxy groups -OCH3 is 1. The Morgan fingerprint density at radius 2 is 1.97 bits per heavy atom. The number of imide groups is 1. The number of esters is 1. The fourth-order valence-electron chi connectivity index (χ4n) is 4.63. The molecule has 1 aromatic carbocycles. The van der Waals surface area contributed by atoms with Crippen LogP contribution in [-0.2, 0) is 26.3 Å². The summed E-state index contributed by atoms with van der Waals surface area (Å²) in [5.41, 5.74) is 1.02. The van der Waals surface area contributed by atoms with Crippen molar-refractivity contribution in [2.75, 3.05) is 26.9 Å². The molecule has 3 rings (SSSR count). The van der Waals surface area contributed by atoms with Crippen LogP contribution in [0.3, 0.4) is 0 Å². The molecule has 3 amide bonds. The number of fused-ring (bicyclic) bond motifs is 2. The van der Waals surface area contributed by atoms with Crippen LogP contribution in [0.25, 0.3) is 0 Å². The summed E-state index contributed by atoms with van der Waals surface area (Å²) in [7, 11) is 1.35. The zero-order valence-electron chi connectivity index (χ0n) is 18.3. The second kappa shape index (κ2) is 9.60. The summed E-state index contributed by atoms with van der Waals surface area (Å²) in [6.45, 7) is 4.97. The molecule has 0 unspecified atom stereocenters. The molecule has 7 heteroatoms. The van der Waals surface area contributed by atoms with Crippen molar-refractivity contribution in [2.45, 2.75) is 57.9 Å². The van der Waals surface area contributed by atoms with Crippen LogP contribution in [0.1, 0.15) is 57.1 Å². The van der Waals surface area contributed by atoms with Crippen LogP contribution in [0.5, 0.6) is 0 Å². The summed E-state index contributed by atoms with van der Waals surface area (Å²) < 4.78 is 4.84. The normalized spacial score (nSPS) is 21.2. The molecule has 1 spiro atoms. The third kappa shape index (κ3) is 4.36. The highest BCUT2D eigenvalue weighted by Crippen LogP contribution is 2.39. The first kappa shape index (κ1) is 22.3. The van der Waals surface area contributed by atoms with Crippen LogP contribution in [0, 0.1) is 5.92 Å². The standard InChI is InChI=1S/C23H33N3O4/c1-4-17(5-2)14-25(15-20(27)30-3)16-26-21(28)23(24-22(26)29)13-9-8-11-18-10-6-7-12-19(18)23/h6-7,10,12,17H,4-5,8-9,11,13-16H2,1-3H3,(H,24,29)/t23-/m1/s1. The number of hydrogen-bond donors (Lipinski definition) is 1. The average Bonchev–Trinajstić information content (AvgIpc) is 2.89. The van der Waals surface area contributed by atoms with E-state index < -0.39 is 11.6 Å². The molecule has 7 nitrogen and oxygen atoms in total. The van der Waals surface area contributed by atoms with E-state index >= 15 is 0 Å². The van der Waals surface area contributed by atoms with Crippen molar-refractivity contribution >= 4 is 17.9 Å². The minimum absolute atomic E-state index is 0.0493. The summed E-state index contributed by atoms with van der Waals surface area (Å²) in [6.07, 6.45) is 5.29. The van der Waals surface area contributed by atoms with Gasteiger partial charge in [0.25, 0.3) is 5.91 Å². The second-order valence-electron chi connectivity index (χ2n) is 8.34. The lowest BCUT2D eigenvalue weighted by Gasteiger charge is -2.30. The minimum atomic E-state index is -1.00. The van der Waals surface area contributed by atoms with Gasteiger partial charge in [0.05, 0.1) is 20.3 Å². The third-order valence-electron chi connectivity index (χ3n) is 6.49. The maximum atomic E-state index is 13.6. The van der Waals surface area contributed by atoms with Crippen LogP contribution >= 0.6 is 0 Å². The molecule has 1 N–H and O–H groups in total. The van der Waals surface area contributed by atoms with Gasteiger partial charge in [-0.3, -0.25) is 14.5 Å². The van der Waals surface area contributed by atoms with Gasteiger partial charge in [-0.05, 0) is 42.7 Å². The minimum Gasteiger partial charge on any atom is -0.468 e. The second-order valence-corrected chi connectivity index (χ2v) is 8.34. The van der Waals surface area contributed by atoms with Crippen molar-refractivity contribution in [3.63, 3.8) is 0 Å². The largest absolute Gasteiger partial charge is 0.468 e. The number of hydrogen-bond acceptors (Lipinski definition) is 5. The number of ether oxygens (including phenoxy) is 1. The number of benzene rings is 1. The number of urea groups is 1. The van der Waals surface area contributed by atoms with Crippen LogP contribution in [0.4, 0.5) is 4.79 Å². The zero-order chi connectivity index (χ0) is 21.7. The number of nitrogens with zero attached hydrogens (tertiary/aromatic N) is 2. The molecule has 0 saturated carbocycles. The van der Waals surface area contributed by atoms with Crippen LogP contribution in [-0.4, -0.2) is 54.6 Å². The molecule has 1 atom stereocenters. The molecular formula is C23H33N3O4. The van der Waals surface area contributed by atoms with Gasteiger partial charge in [-0.15, -0.1) is 0 Å². The van der Waals surface area contributed by atoms with Crippen molar-refractivity contribution < 1.29 is 19.1 Å². The maximum Gasteiger partial charge on any atom is 0.326 e. The highest BCUT2D eigenvalue weighted by atomic mass is 16.5. The van der Waals surface area contributed by atoms with Crippen molar-refractivity contribution in [2.24, 2.45) is 5.92 Å². The first-order valence-electron chi connectivity index (χ1n) is 11.0. The van der Waals surface area contributed by atoms with Crippen molar-refractivity contribution in [3.05, 3.63) is 35.4 Å². The van der Waals surface area contributed by atoms with Gasteiger partial charge in [0.1, 0.15) is 5.54 Å². The quantitative estimate of drug-likeness (QED) is 0.522. The molecule has 164 valence electrons. The van der Waals surface area contributed by atoms with E-state index in [2.05, 4.69) is 19.2 Å². The number of rotatable bonds is 8. The average molecular weight is 416 g/mol. The predicted octanol–water partition coefficient (Wildman–Crippen LogP) is 3.03. The Labute approximate surface area is 178 Å². The van der Waals surface area contributed by atoms with Crippen LogP contribution in [0.2, 0.25) is 0 Å². The number of carbonyl (C=O) groups excluding carboxylic acids is 3. The lowest BCUT2D eigenvalue weighted by molar-refractivity contribution is -0.144. The molecule has 1 heterocycles. The number of amides is 3. The summed E-state index contributed by atoms with van der Waals surface area (Å²) in [6, 6.07) is 7.51. The number of aryl methyl sites for hydroxylation is 1. The van der Waals surface area contributed by atoms with E-state index in [1.165, 1.54) is 12.0 Å². The Bertz CT molecular complexity index is 792. The first-order chi connectivity index (χ1) is 14.4. The molecular weight excluding hydrogens is 382 g/mol. The topological polar surface area (TPSA) is 79.0 Å². The Morgan fingerprint density at radius 3 is 2.67 bits per heavy atom. The van der Waals surface area contributed by atoms with Gasteiger partial charge in [-0.25, -0.2) is 9.69 Å². The van der Waals surface area contributed by atoms with Crippen molar-refractivity contribution in [1.29, 1.82) is 0 Å². The van der Waals surface area contributed by atoms with Crippen LogP contribution in [0.15, 0.2) is 24.3 Å². The van der Waals surface area contributed by atoms with E-state index in [0.29, 0.717) is 18.9 Å².